The maximum atomic E-state index is 5.89. The number of benzene rings is 1. The van der Waals surface area contributed by atoms with Crippen molar-refractivity contribution in [3.63, 3.8) is 0 Å². The molecule has 0 unspecified atom stereocenters. The Morgan fingerprint density at radius 3 is 2.50 bits per heavy atom. The zero-order valence-corrected chi connectivity index (χ0v) is 12.9. The Hall–Kier alpha value is -1.32. The monoisotopic (exact) mass is 287 g/mol. The molecule has 1 heterocycles. The van der Waals surface area contributed by atoms with Gasteiger partial charge >= 0.3 is 0 Å². The summed E-state index contributed by atoms with van der Waals surface area (Å²) in [5.41, 5.74) is 2.50. The largest absolute Gasteiger partial charge is 0.488 e. The van der Waals surface area contributed by atoms with Crippen molar-refractivity contribution in [2.45, 2.75) is 45.9 Å². The number of nitrogens with one attached hydrogen (secondary N) is 1. The van der Waals surface area contributed by atoms with Crippen LogP contribution in [0.5, 0.6) is 5.75 Å². The summed E-state index contributed by atoms with van der Waals surface area (Å²) in [7, 11) is 0. The van der Waals surface area contributed by atoms with E-state index in [4.69, 9.17) is 4.74 Å². The summed E-state index contributed by atoms with van der Waals surface area (Å²) in [6.45, 7) is 5.87. The number of hydrogen-bond donors (Lipinski definition) is 1. The van der Waals surface area contributed by atoms with Crippen molar-refractivity contribution in [1.82, 2.24) is 5.32 Å². The van der Waals surface area contributed by atoms with E-state index in [2.05, 4.69) is 49.5 Å². The second-order valence-corrected chi connectivity index (χ2v) is 6.89. The number of rotatable bonds is 6. The van der Waals surface area contributed by atoms with Crippen molar-refractivity contribution in [1.29, 1.82) is 0 Å². The van der Waals surface area contributed by atoms with Gasteiger partial charge in [-0.2, -0.15) is 0 Å². The van der Waals surface area contributed by atoms with Gasteiger partial charge in [-0.25, -0.2) is 0 Å². The van der Waals surface area contributed by atoms with Crippen LogP contribution in [-0.2, 0) is 13.2 Å². The summed E-state index contributed by atoms with van der Waals surface area (Å²) in [6.07, 6.45) is 2.68. The molecule has 1 N–H and O–H groups in total. The van der Waals surface area contributed by atoms with E-state index in [1.165, 1.54) is 33.7 Å². The maximum absolute atomic E-state index is 5.89. The fourth-order valence-electron chi connectivity index (χ4n) is 2.30. The molecule has 1 aliphatic carbocycles. The Bertz CT molecular complexity index is 566. The molecule has 1 saturated carbocycles. The quantitative estimate of drug-likeness (QED) is 0.860. The summed E-state index contributed by atoms with van der Waals surface area (Å²) in [6, 6.07) is 11.5. The minimum absolute atomic E-state index is 0.664. The highest BCUT2D eigenvalue weighted by atomic mass is 32.1. The van der Waals surface area contributed by atoms with Gasteiger partial charge < -0.3 is 10.1 Å². The standard InChI is InChI=1S/C17H21NOS/c1-12-7-13(2)9-15(8-12)19-11-17-6-5-16(20-17)10-18-14-3-4-14/h5-9,14,18H,3-4,10-11H2,1-2H3. The van der Waals surface area contributed by atoms with Gasteiger partial charge in [0.1, 0.15) is 12.4 Å². The molecule has 0 atom stereocenters. The fraction of sp³-hybridized carbons (Fsp3) is 0.412. The molecular weight excluding hydrogens is 266 g/mol. The maximum Gasteiger partial charge on any atom is 0.122 e. The minimum atomic E-state index is 0.664. The van der Waals surface area contributed by atoms with E-state index in [9.17, 15) is 0 Å². The highest BCUT2D eigenvalue weighted by molar-refractivity contribution is 7.11. The van der Waals surface area contributed by atoms with Gasteiger partial charge in [0.25, 0.3) is 0 Å². The molecule has 3 rings (SSSR count). The molecule has 2 nitrogen and oxygen atoms in total. The van der Waals surface area contributed by atoms with E-state index in [0.717, 1.165) is 18.3 Å². The van der Waals surface area contributed by atoms with Crippen molar-refractivity contribution >= 4 is 11.3 Å². The van der Waals surface area contributed by atoms with E-state index in [-0.39, 0.29) is 0 Å². The third-order valence-electron chi connectivity index (χ3n) is 3.44. The van der Waals surface area contributed by atoms with E-state index in [1.54, 1.807) is 0 Å². The van der Waals surface area contributed by atoms with Gasteiger partial charge in [0, 0.05) is 22.3 Å². The molecule has 106 valence electrons. The average molecular weight is 287 g/mol. The first-order valence-corrected chi connectivity index (χ1v) is 8.03. The molecule has 1 aromatic heterocycles. The summed E-state index contributed by atoms with van der Waals surface area (Å²) >= 11 is 1.84. The zero-order chi connectivity index (χ0) is 13.9. The van der Waals surface area contributed by atoms with E-state index in [1.807, 2.05) is 11.3 Å². The Balaban J connectivity index is 1.54. The molecule has 0 saturated heterocycles. The first kappa shape index (κ1) is 13.7. The summed E-state index contributed by atoms with van der Waals surface area (Å²) < 4.78 is 5.89. The van der Waals surface area contributed by atoms with Crippen LogP contribution in [0.1, 0.15) is 33.7 Å². The third kappa shape index (κ3) is 3.84. The van der Waals surface area contributed by atoms with Gasteiger partial charge in [0.2, 0.25) is 0 Å². The lowest BCUT2D eigenvalue weighted by Crippen LogP contribution is -2.14. The van der Waals surface area contributed by atoms with Crippen LogP contribution in [0, 0.1) is 13.8 Å². The normalized spacial score (nSPS) is 14.5. The minimum Gasteiger partial charge on any atom is -0.488 e. The second-order valence-electron chi connectivity index (χ2n) is 5.64. The molecule has 0 spiro atoms. The van der Waals surface area contributed by atoms with Gasteiger partial charge in [-0.1, -0.05) is 6.07 Å². The number of ether oxygens (including phenoxy) is 1. The molecule has 1 fully saturated rings. The first-order chi connectivity index (χ1) is 9.69. The lowest BCUT2D eigenvalue weighted by Gasteiger charge is -2.07. The van der Waals surface area contributed by atoms with Gasteiger partial charge in [0.05, 0.1) is 0 Å². The van der Waals surface area contributed by atoms with Gasteiger partial charge in [0.15, 0.2) is 0 Å². The molecule has 3 heteroatoms. The zero-order valence-electron chi connectivity index (χ0n) is 12.1. The molecule has 1 aromatic carbocycles. The van der Waals surface area contributed by atoms with Gasteiger partial charge in [-0.3, -0.25) is 0 Å². The van der Waals surface area contributed by atoms with Crippen LogP contribution in [0.15, 0.2) is 30.3 Å². The van der Waals surface area contributed by atoms with Crippen molar-refractivity contribution in [2.75, 3.05) is 0 Å². The summed E-state index contributed by atoms with van der Waals surface area (Å²) in [4.78, 5) is 2.69. The molecule has 0 bridgehead atoms. The molecule has 1 aliphatic rings. The van der Waals surface area contributed by atoms with Gasteiger partial charge in [-0.05, 0) is 62.1 Å². The number of hydrogen-bond acceptors (Lipinski definition) is 3. The Morgan fingerprint density at radius 1 is 1.10 bits per heavy atom. The predicted molar refractivity (Wildman–Crippen MR) is 84.4 cm³/mol. The van der Waals surface area contributed by atoms with E-state index in [0.29, 0.717) is 6.61 Å². The third-order valence-corrected chi connectivity index (χ3v) is 4.49. The highest BCUT2D eigenvalue weighted by Gasteiger charge is 2.20. The number of aryl methyl sites for hydroxylation is 2. The topological polar surface area (TPSA) is 21.3 Å². The summed E-state index contributed by atoms with van der Waals surface area (Å²) in [5.74, 6) is 0.966. The van der Waals surface area contributed by atoms with Crippen LogP contribution in [-0.4, -0.2) is 6.04 Å². The van der Waals surface area contributed by atoms with Crippen molar-refractivity contribution in [3.8, 4) is 5.75 Å². The first-order valence-electron chi connectivity index (χ1n) is 7.21. The van der Waals surface area contributed by atoms with Crippen LogP contribution in [0.2, 0.25) is 0 Å². The molecule has 2 aromatic rings. The van der Waals surface area contributed by atoms with Crippen LogP contribution in [0.3, 0.4) is 0 Å². The van der Waals surface area contributed by atoms with Crippen LogP contribution in [0.4, 0.5) is 0 Å². The molecule has 0 radical (unpaired) electrons. The van der Waals surface area contributed by atoms with Crippen molar-refractivity contribution < 1.29 is 4.74 Å². The van der Waals surface area contributed by atoms with Crippen LogP contribution < -0.4 is 10.1 Å². The molecule has 0 aliphatic heterocycles. The smallest absolute Gasteiger partial charge is 0.122 e. The van der Waals surface area contributed by atoms with Gasteiger partial charge in [-0.15, -0.1) is 11.3 Å². The Labute approximate surface area is 124 Å². The average Bonchev–Trinajstić information content (AvgIpc) is 3.12. The lowest BCUT2D eigenvalue weighted by molar-refractivity contribution is 0.309. The SMILES string of the molecule is Cc1cc(C)cc(OCc2ccc(CNC3CC3)s2)c1. The molecule has 0 amide bonds. The molecular formula is C17H21NOS. The molecule has 20 heavy (non-hydrogen) atoms. The van der Waals surface area contributed by atoms with Crippen molar-refractivity contribution in [2.24, 2.45) is 0 Å². The number of thiophene rings is 1. The Morgan fingerprint density at radius 2 is 1.80 bits per heavy atom. The highest BCUT2D eigenvalue weighted by Crippen LogP contribution is 2.23. The predicted octanol–water partition coefficient (Wildman–Crippen LogP) is 4.20. The second kappa shape index (κ2) is 5.98. The summed E-state index contributed by atoms with van der Waals surface area (Å²) in [5, 5.41) is 3.54. The fourth-order valence-corrected chi connectivity index (χ4v) is 3.18. The van der Waals surface area contributed by atoms with E-state index < -0.39 is 0 Å². The van der Waals surface area contributed by atoms with Crippen LogP contribution >= 0.6 is 11.3 Å². The van der Waals surface area contributed by atoms with Crippen LogP contribution in [0.25, 0.3) is 0 Å². The van der Waals surface area contributed by atoms with Crippen molar-refractivity contribution in [3.05, 3.63) is 51.2 Å². The Kier molecular flexibility index (Phi) is 4.08. The lowest BCUT2D eigenvalue weighted by atomic mass is 10.1. The van der Waals surface area contributed by atoms with E-state index >= 15 is 0 Å².